The minimum atomic E-state index is 0.258. The first-order valence-electron chi connectivity index (χ1n) is 6.22. The Kier molecular flexibility index (Phi) is 6.47. The van der Waals surface area contributed by atoms with E-state index in [1.807, 2.05) is 0 Å². The first-order chi connectivity index (χ1) is 8.54. The van der Waals surface area contributed by atoms with Gasteiger partial charge < -0.3 is 9.84 Å². The van der Waals surface area contributed by atoms with Gasteiger partial charge in [-0.1, -0.05) is 31.5 Å². The summed E-state index contributed by atoms with van der Waals surface area (Å²) in [7, 11) is 1.69. The molecule has 4 heteroatoms. The lowest BCUT2D eigenvalue weighted by atomic mass is 10.1. The highest BCUT2D eigenvalue weighted by atomic mass is 35.5. The topological polar surface area (TPSA) is 32.7 Å². The van der Waals surface area contributed by atoms with Crippen LogP contribution in [0.15, 0.2) is 18.2 Å². The molecule has 0 aliphatic carbocycles. The van der Waals surface area contributed by atoms with Gasteiger partial charge in [0.05, 0.1) is 6.61 Å². The summed E-state index contributed by atoms with van der Waals surface area (Å²) in [5, 5.41) is 10.5. The van der Waals surface area contributed by atoms with Gasteiger partial charge in [-0.25, -0.2) is 0 Å². The number of rotatable bonds is 7. The number of phenols is 1. The molecule has 0 atom stereocenters. The zero-order valence-corrected chi connectivity index (χ0v) is 12.1. The highest BCUT2D eigenvalue weighted by Gasteiger charge is 2.13. The van der Waals surface area contributed by atoms with Crippen molar-refractivity contribution in [3.8, 4) is 5.75 Å². The van der Waals surface area contributed by atoms with Crippen LogP contribution >= 0.6 is 11.6 Å². The minimum Gasteiger partial charge on any atom is -0.508 e. The molecule has 0 spiro atoms. The maximum Gasteiger partial charge on any atom is 0.121 e. The van der Waals surface area contributed by atoms with Crippen LogP contribution < -0.4 is 0 Å². The molecule has 0 amide bonds. The molecule has 18 heavy (non-hydrogen) atoms. The molecule has 0 aliphatic rings. The third-order valence-electron chi connectivity index (χ3n) is 2.71. The molecule has 0 unspecified atom stereocenters. The van der Waals surface area contributed by atoms with Crippen molar-refractivity contribution in [1.29, 1.82) is 0 Å². The van der Waals surface area contributed by atoms with Crippen molar-refractivity contribution in [2.24, 2.45) is 5.92 Å². The van der Waals surface area contributed by atoms with Crippen LogP contribution in [0, 0.1) is 5.92 Å². The van der Waals surface area contributed by atoms with Crippen molar-refractivity contribution < 1.29 is 9.84 Å². The fourth-order valence-electron chi connectivity index (χ4n) is 1.90. The van der Waals surface area contributed by atoms with Crippen LogP contribution in [0.5, 0.6) is 5.75 Å². The minimum absolute atomic E-state index is 0.258. The van der Waals surface area contributed by atoms with Gasteiger partial charge in [0, 0.05) is 37.3 Å². The summed E-state index contributed by atoms with van der Waals surface area (Å²) < 4.78 is 5.11. The van der Waals surface area contributed by atoms with Gasteiger partial charge in [0.15, 0.2) is 0 Å². The van der Waals surface area contributed by atoms with Crippen LogP contribution in [0.4, 0.5) is 0 Å². The van der Waals surface area contributed by atoms with Crippen molar-refractivity contribution in [3.63, 3.8) is 0 Å². The quantitative estimate of drug-likeness (QED) is 0.827. The molecule has 0 fully saturated rings. The van der Waals surface area contributed by atoms with E-state index in [0.29, 0.717) is 24.1 Å². The SMILES string of the molecule is COCCN(Cc1c(O)cccc1Cl)CC(C)C. The van der Waals surface area contributed by atoms with E-state index >= 15 is 0 Å². The smallest absolute Gasteiger partial charge is 0.121 e. The first-order valence-corrected chi connectivity index (χ1v) is 6.60. The first kappa shape index (κ1) is 15.3. The Morgan fingerprint density at radius 2 is 2.11 bits per heavy atom. The number of phenolic OH excluding ortho intramolecular Hbond substituents is 1. The summed E-state index contributed by atoms with van der Waals surface area (Å²) >= 11 is 6.13. The van der Waals surface area contributed by atoms with Crippen molar-refractivity contribution in [3.05, 3.63) is 28.8 Å². The largest absolute Gasteiger partial charge is 0.508 e. The number of halogens is 1. The molecule has 0 saturated carbocycles. The second-order valence-corrected chi connectivity index (χ2v) is 5.27. The predicted octanol–water partition coefficient (Wildman–Crippen LogP) is 3.15. The van der Waals surface area contributed by atoms with Gasteiger partial charge in [0.1, 0.15) is 5.75 Å². The van der Waals surface area contributed by atoms with Crippen LogP contribution in [0.25, 0.3) is 0 Å². The van der Waals surface area contributed by atoms with E-state index in [0.717, 1.165) is 18.7 Å². The summed E-state index contributed by atoms with van der Waals surface area (Å²) in [6, 6.07) is 5.23. The second kappa shape index (κ2) is 7.62. The molecule has 0 aliphatic heterocycles. The van der Waals surface area contributed by atoms with Gasteiger partial charge in [-0.2, -0.15) is 0 Å². The normalized spacial score (nSPS) is 11.4. The third kappa shape index (κ3) is 4.84. The highest BCUT2D eigenvalue weighted by Crippen LogP contribution is 2.26. The molecule has 0 aromatic heterocycles. The molecule has 102 valence electrons. The molecule has 0 radical (unpaired) electrons. The Hall–Kier alpha value is -0.770. The molecule has 3 nitrogen and oxygen atoms in total. The maximum atomic E-state index is 9.86. The monoisotopic (exact) mass is 271 g/mol. The van der Waals surface area contributed by atoms with E-state index in [9.17, 15) is 5.11 Å². The number of aromatic hydroxyl groups is 1. The van der Waals surface area contributed by atoms with Crippen LogP contribution in [-0.4, -0.2) is 36.8 Å². The molecule has 1 N–H and O–H groups in total. The Morgan fingerprint density at radius 1 is 1.39 bits per heavy atom. The third-order valence-corrected chi connectivity index (χ3v) is 3.06. The van der Waals surface area contributed by atoms with Gasteiger partial charge in [0.25, 0.3) is 0 Å². The van der Waals surface area contributed by atoms with E-state index in [1.54, 1.807) is 25.3 Å². The lowest BCUT2D eigenvalue weighted by Crippen LogP contribution is -2.30. The standard InChI is InChI=1S/C14H22ClNO2/c1-11(2)9-16(7-8-18-3)10-12-13(15)5-4-6-14(12)17/h4-6,11,17H,7-10H2,1-3H3. The number of benzene rings is 1. The fraction of sp³-hybridized carbons (Fsp3) is 0.571. The van der Waals surface area contributed by atoms with Crippen molar-refractivity contribution >= 4 is 11.6 Å². The zero-order chi connectivity index (χ0) is 13.5. The summed E-state index contributed by atoms with van der Waals surface area (Å²) in [6.45, 7) is 7.46. The molecule has 1 aromatic rings. The van der Waals surface area contributed by atoms with E-state index in [2.05, 4.69) is 18.7 Å². The molecular formula is C14H22ClNO2. The average molecular weight is 272 g/mol. The van der Waals surface area contributed by atoms with Gasteiger partial charge in [-0.3, -0.25) is 4.90 Å². The maximum absolute atomic E-state index is 9.86. The van der Waals surface area contributed by atoms with Crippen molar-refractivity contribution in [1.82, 2.24) is 4.90 Å². The predicted molar refractivity (Wildman–Crippen MR) is 75.1 cm³/mol. The van der Waals surface area contributed by atoms with Crippen LogP contribution in [-0.2, 0) is 11.3 Å². The second-order valence-electron chi connectivity index (χ2n) is 4.86. The lowest BCUT2D eigenvalue weighted by Gasteiger charge is -2.24. The summed E-state index contributed by atoms with van der Waals surface area (Å²) in [5.74, 6) is 0.820. The Labute approximate surface area is 114 Å². The Bertz CT molecular complexity index is 349. The van der Waals surface area contributed by atoms with E-state index in [1.165, 1.54) is 0 Å². The Morgan fingerprint density at radius 3 is 2.67 bits per heavy atom. The summed E-state index contributed by atoms with van der Waals surface area (Å²) in [4.78, 5) is 2.25. The number of hydrogen-bond acceptors (Lipinski definition) is 3. The molecule has 1 aromatic carbocycles. The van der Waals surface area contributed by atoms with Gasteiger partial charge in [-0.15, -0.1) is 0 Å². The number of methoxy groups -OCH3 is 1. The van der Waals surface area contributed by atoms with Crippen LogP contribution in [0.1, 0.15) is 19.4 Å². The van der Waals surface area contributed by atoms with Crippen molar-refractivity contribution in [2.75, 3.05) is 26.8 Å². The number of nitrogens with zero attached hydrogens (tertiary/aromatic N) is 1. The van der Waals surface area contributed by atoms with E-state index in [-0.39, 0.29) is 5.75 Å². The van der Waals surface area contributed by atoms with E-state index < -0.39 is 0 Å². The highest BCUT2D eigenvalue weighted by molar-refractivity contribution is 6.31. The van der Waals surface area contributed by atoms with Crippen LogP contribution in [0.2, 0.25) is 5.02 Å². The van der Waals surface area contributed by atoms with Gasteiger partial charge >= 0.3 is 0 Å². The molecule has 0 heterocycles. The van der Waals surface area contributed by atoms with Gasteiger partial charge in [0.2, 0.25) is 0 Å². The number of hydrogen-bond donors (Lipinski definition) is 1. The van der Waals surface area contributed by atoms with Gasteiger partial charge in [-0.05, 0) is 18.1 Å². The van der Waals surface area contributed by atoms with Crippen LogP contribution in [0.3, 0.4) is 0 Å². The summed E-state index contributed by atoms with van der Waals surface area (Å²) in [6.07, 6.45) is 0. The van der Waals surface area contributed by atoms with E-state index in [4.69, 9.17) is 16.3 Å². The fourth-order valence-corrected chi connectivity index (χ4v) is 2.13. The molecular weight excluding hydrogens is 250 g/mol. The summed E-state index contributed by atoms with van der Waals surface area (Å²) in [5.41, 5.74) is 0.788. The number of ether oxygens (including phenoxy) is 1. The lowest BCUT2D eigenvalue weighted by molar-refractivity contribution is 0.135. The zero-order valence-electron chi connectivity index (χ0n) is 11.3. The molecule has 1 rings (SSSR count). The molecule has 0 saturated heterocycles. The Balaban J connectivity index is 2.75. The van der Waals surface area contributed by atoms with Crippen molar-refractivity contribution in [2.45, 2.75) is 20.4 Å². The molecule has 0 bridgehead atoms. The average Bonchev–Trinajstić information content (AvgIpc) is 2.30.